The highest BCUT2D eigenvalue weighted by Gasteiger charge is 2.19. The number of methoxy groups -OCH3 is 1. The first-order valence-electron chi connectivity index (χ1n) is 10.0. The van der Waals surface area contributed by atoms with Crippen molar-refractivity contribution in [2.75, 3.05) is 40.4 Å². The summed E-state index contributed by atoms with van der Waals surface area (Å²) in [4.78, 5) is 11.3. The maximum atomic E-state index is 5.17. The molecule has 0 atom stereocenters. The van der Waals surface area contributed by atoms with E-state index in [1.165, 1.54) is 5.56 Å². The van der Waals surface area contributed by atoms with E-state index in [1.807, 2.05) is 25.5 Å². The Balaban J connectivity index is 1.46. The molecule has 0 saturated carbocycles. The molecule has 152 valence electrons. The van der Waals surface area contributed by atoms with Gasteiger partial charge in [-0.15, -0.1) is 0 Å². The molecule has 1 saturated heterocycles. The van der Waals surface area contributed by atoms with Crippen LogP contribution in [0.25, 0.3) is 0 Å². The fraction of sp³-hybridized carbons (Fsp3) is 0.524. The average Bonchev–Trinajstić information content (AvgIpc) is 3.18. The van der Waals surface area contributed by atoms with Gasteiger partial charge in [0.15, 0.2) is 5.96 Å². The van der Waals surface area contributed by atoms with Crippen LogP contribution in [-0.2, 0) is 17.8 Å². The van der Waals surface area contributed by atoms with E-state index in [4.69, 9.17) is 4.74 Å². The third kappa shape index (κ3) is 6.07. The average molecular weight is 385 g/mol. The molecule has 1 aromatic heterocycles. The van der Waals surface area contributed by atoms with Gasteiger partial charge in [0.05, 0.1) is 13.2 Å². The number of guanidine groups is 1. The van der Waals surface area contributed by atoms with E-state index in [0.29, 0.717) is 12.6 Å². The van der Waals surface area contributed by atoms with E-state index >= 15 is 0 Å². The molecule has 7 heteroatoms. The summed E-state index contributed by atoms with van der Waals surface area (Å²) >= 11 is 0. The Kier molecular flexibility index (Phi) is 7.87. The Hall–Kier alpha value is -2.38. The fourth-order valence-electron chi connectivity index (χ4n) is 3.50. The highest BCUT2D eigenvalue weighted by molar-refractivity contribution is 5.79. The topological polar surface area (TPSA) is 66.7 Å². The molecular formula is C21H32N6O. The third-order valence-corrected chi connectivity index (χ3v) is 5.18. The molecule has 2 heterocycles. The van der Waals surface area contributed by atoms with Gasteiger partial charge in [0, 0.05) is 58.8 Å². The van der Waals surface area contributed by atoms with Crippen LogP contribution in [0.3, 0.4) is 0 Å². The van der Waals surface area contributed by atoms with E-state index in [0.717, 1.165) is 57.4 Å². The number of hydrogen-bond acceptors (Lipinski definition) is 4. The van der Waals surface area contributed by atoms with Crippen molar-refractivity contribution in [3.8, 4) is 0 Å². The van der Waals surface area contributed by atoms with Crippen LogP contribution in [0.2, 0.25) is 0 Å². The Morgan fingerprint density at radius 2 is 2.04 bits per heavy atom. The van der Waals surface area contributed by atoms with Crippen LogP contribution >= 0.6 is 0 Å². The summed E-state index contributed by atoms with van der Waals surface area (Å²) in [6.07, 6.45) is 6.11. The van der Waals surface area contributed by atoms with Gasteiger partial charge >= 0.3 is 0 Å². The van der Waals surface area contributed by atoms with Crippen LogP contribution in [0.15, 0.2) is 47.7 Å². The summed E-state index contributed by atoms with van der Waals surface area (Å²) in [5.41, 5.74) is 1.27. The van der Waals surface area contributed by atoms with Crippen molar-refractivity contribution < 1.29 is 4.74 Å². The van der Waals surface area contributed by atoms with Crippen molar-refractivity contribution in [2.24, 2.45) is 4.99 Å². The van der Waals surface area contributed by atoms with Gasteiger partial charge in [-0.2, -0.15) is 0 Å². The minimum absolute atomic E-state index is 0.453. The lowest BCUT2D eigenvalue weighted by Crippen LogP contribution is -2.49. The van der Waals surface area contributed by atoms with E-state index in [2.05, 4.69) is 54.3 Å². The summed E-state index contributed by atoms with van der Waals surface area (Å²) in [6.45, 7) is 5.48. The third-order valence-electron chi connectivity index (χ3n) is 5.18. The van der Waals surface area contributed by atoms with Crippen LogP contribution in [0.4, 0.5) is 0 Å². The van der Waals surface area contributed by atoms with E-state index in [-0.39, 0.29) is 0 Å². The first kappa shape index (κ1) is 20.4. The molecule has 7 nitrogen and oxygen atoms in total. The highest BCUT2D eigenvalue weighted by atomic mass is 16.5. The van der Waals surface area contributed by atoms with Crippen molar-refractivity contribution >= 4 is 5.96 Å². The van der Waals surface area contributed by atoms with Crippen molar-refractivity contribution in [2.45, 2.75) is 32.0 Å². The Bertz CT molecular complexity index is 722. The molecule has 1 aliphatic heterocycles. The molecule has 28 heavy (non-hydrogen) atoms. The SMILES string of the molecule is CN=C(NCc1nccn1Cc1ccccc1)NC1CCN(CCOC)CC1. The molecule has 0 bridgehead atoms. The number of aliphatic imine (C=N–C) groups is 1. The zero-order chi connectivity index (χ0) is 19.6. The number of nitrogens with one attached hydrogen (secondary N) is 2. The second-order valence-corrected chi connectivity index (χ2v) is 7.14. The number of benzene rings is 1. The molecule has 1 aromatic carbocycles. The first-order valence-corrected chi connectivity index (χ1v) is 10.0. The summed E-state index contributed by atoms with van der Waals surface area (Å²) in [6, 6.07) is 10.9. The number of ether oxygens (including phenoxy) is 1. The summed E-state index contributed by atoms with van der Waals surface area (Å²) in [5.74, 6) is 1.84. The summed E-state index contributed by atoms with van der Waals surface area (Å²) in [5, 5.41) is 6.97. The van der Waals surface area contributed by atoms with Crippen LogP contribution in [-0.4, -0.2) is 66.9 Å². The first-order chi connectivity index (χ1) is 13.8. The van der Waals surface area contributed by atoms with Gasteiger partial charge in [0.1, 0.15) is 5.82 Å². The maximum absolute atomic E-state index is 5.17. The van der Waals surface area contributed by atoms with Gasteiger partial charge in [0.25, 0.3) is 0 Å². The highest BCUT2D eigenvalue weighted by Crippen LogP contribution is 2.10. The van der Waals surface area contributed by atoms with Crippen LogP contribution < -0.4 is 10.6 Å². The molecule has 2 N–H and O–H groups in total. The Labute approximate surface area is 167 Å². The fourth-order valence-corrected chi connectivity index (χ4v) is 3.50. The lowest BCUT2D eigenvalue weighted by Gasteiger charge is -2.32. The van der Waals surface area contributed by atoms with E-state index < -0.39 is 0 Å². The van der Waals surface area contributed by atoms with Crippen molar-refractivity contribution in [1.82, 2.24) is 25.1 Å². The largest absolute Gasteiger partial charge is 0.383 e. The molecule has 3 rings (SSSR count). The van der Waals surface area contributed by atoms with Gasteiger partial charge in [-0.25, -0.2) is 4.98 Å². The normalized spacial score (nSPS) is 16.3. The number of rotatable bonds is 8. The smallest absolute Gasteiger partial charge is 0.191 e. The predicted molar refractivity (Wildman–Crippen MR) is 112 cm³/mol. The maximum Gasteiger partial charge on any atom is 0.191 e. The number of hydrogen-bond donors (Lipinski definition) is 2. The Morgan fingerprint density at radius 3 is 2.75 bits per heavy atom. The molecule has 0 unspecified atom stereocenters. The van der Waals surface area contributed by atoms with Gasteiger partial charge in [0.2, 0.25) is 0 Å². The lowest BCUT2D eigenvalue weighted by atomic mass is 10.1. The van der Waals surface area contributed by atoms with Gasteiger partial charge in [-0.1, -0.05) is 30.3 Å². The van der Waals surface area contributed by atoms with Crippen molar-refractivity contribution in [1.29, 1.82) is 0 Å². The van der Waals surface area contributed by atoms with Gasteiger partial charge in [-0.3, -0.25) is 4.99 Å². The monoisotopic (exact) mass is 384 g/mol. The molecule has 2 aromatic rings. The second-order valence-electron chi connectivity index (χ2n) is 7.14. The minimum Gasteiger partial charge on any atom is -0.383 e. The molecule has 1 aliphatic rings. The molecule has 0 radical (unpaired) electrons. The van der Waals surface area contributed by atoms with E-state index in [9.17, 15) is 0 Å². The summed E-state index contributed by atoms with van der Waals surface area (Å²) in [7, 11) is 3.58. The molecule has 1 fully saturated rings. The summed E-state index contributed by atoms with van der Waals surface area (Å²) < 4.78 is 7.34. The molecule has 0 spiro atoms. The zero-order valence-corrected chi connectivity index (χ0v) is 17.0. The number of likely N-dealkylation sites (tertiary alicyclic amines) is 1. The Morgan fingerprint density at radius 1 is 1.25 bits per heavy atom. The van der Waals surface area contributed by atoms with Gasteiger partial charge < -0.3 is 24.8 Å². The predicted octanol–water partition coefficient (Wildman–Crippen LogP) is 1.71. The van der Waals surface area contributed by atoms with Gasteiger partial charge in [-0.05, 0) is 18.4 Å². The zero-order valence-electron chi connectivity index (χ0n) is 17.0. The quantitative estimate of drug-likeness (QED) is 0.536. The number of nitrogens with zero attached hydrogens (tertiary/aromatic N) is 4. The van der Waals surface area contributed by atoms with Crippen molar-refractivity contribution in [3.05, 3.63) is 54.1 Å². The number of piperidine rings is 1. The van der Waals surface area contributed by atoms with Crippen LogP contribution in [0.5, 0.6) is 0 Å². The molecule has 0 amide bonds. The minimum atomic E-state index is 0.453. The second kappa shape index (κ2) is 10.8. The number of imidazole rings is 1. The number of aromatic nitrogens is 2. The van der Waals surface area contributed by atoms with E-state index in [1.54, 1.807) is 7.11 Å². The lowest BCUT2D eigenvalue weighted by molar-refractivity contribution is 0.128. The van der Waals surface area contributed by atoms with Crippen LogP contribution in [0, 0.1) is 0 Å². The standard InChI is InChI=1S/C21H32N6O/c1-22-21(25-19-8-11-26(12-9-19)14-15-28-2)24-16-20-23-10-13-27(20)17-18-6-4-3-5-7-18/h3-7,10,13,19H,8-9,11-12,14-17H2,1-2H3,(H2,22,24,25). The molecule has 0 aliphatic carbocycles. The molecular weight excluding hydrogens is 352 g/mol. The van der Waals surface area contributed by atoms with Crippen molar-refractivity contribution in [3.63, 3.8) is 0 Å². The van der Waals surface area contributed by atoms with Crippen LogP contribution in [0.1, 0.15) is 24.2 Å².